The van der Waals surface area contributed by atoms with E-state index in [1.54, 1.807) is 6.07 Å². The highest BCUT2D eigenvalue weighted by molar-refractivity contribution is 9.10. The molecule has 0 radical (unpaired) electrons. The van der Waals surface area contributed by atoms with E-state index in [0.29, 0.717) is 23.8 Å². The van der Waals surface area contributed by atoms with Crippen LogP contribution in [0.15, 0.2) is 75.9 Å². The van der Waals surface area contributed by atoms with Gasteiger partial charge in [-0.25, -0.2) is 0 Å². The molecule has 4 rings (SSSR count). The summed E-state index contributed by atoms with van der Waals surface area (Å²) in [6, 6.07) is 21.3. The van der Waals surface area contributed by atoms with Gasteiger partial charge < -0.3 is 9.09 Å². The predicted molar refractivity (Wildman–Crippen MR) is 101 cm³/mol. The van der Waals surface area contributed by atoms with E-state index in [4.69, 9.17) is 9.78 Å². The van der Waals surface area contributed by atoms with Gasteiger partial charge in [-0.05, 0) is 54.1 Å². The molecule has 0 atom stereocenters. The Hall–Kier alpha value is -3.17. The zero-order valence-corrected chi connectivity index (χ0v) is 15.2. The average molecular weight is 405 g/mol. The summed E-state index contributed by atoms with van der Waals surface area (Å²) < 4.78 is 8.49. The molecule has 4 aromatic rings. The van der Waals surface area contributed by atoms with Crippen molar-refractivity contribution in [1.29, 1.82) is 5.26 Å². The van der Waals surface area contributed by atoms with Gasteiger partial charge in [-0.3, -0.25) is 0 Å². The quantitative estimate of drug-likeness (QED) is 0.485. The van der Waals surface area contributed by atoms with Crippen molar-refractivity contribution < 1.29 is 4.52 Å². The van der Waals surface area contributed by atoms with Crippen molar-refractivity contribution in [1.82, 2.24) is 14.7 Å². The van der Waals surface area contributed by atoms with E-state index in [1.165, 1.54) is 0 Å². The van der Waals surface area contributed by atoms with E-state index in [0.717, 1.165) is 21.3 Å². The zero-order chi connectivity index (χ0) is 17.9. The van der Waals surface area contributed by atoms with Gasteiger partial charge in [0.1, 0.15) is 5.69 Å². The first-order chi connectivity index (χ1) is 12.7. The van der Waals surface area contributed by atoms with Gasteiger partial charge >= 0.3 is 0 Å². The molecule has 26 heavy (non-hydrogen) atoms. The lowest BCUT2D eigenvalue weighted by atomic mass is 10.1. The van der Waals surface area contributed by atoms with Crippen LogP contribution in [0.5, 0.6) is 0 Å². The van der Waals surface area contributed by atoms with Crippen LogP contribution in [0, 0.1) is 11.3 Å². The summed E-state index contributed by atoms with van der Waals surface area (Å²) in [5.41, 5.74) is 3.41. The van der Waals surface area contributed by atoms with E-state index >= 15 is 0 Å². The fourth-order valence-corrected chi connectivity index (χ4v) is 2.99. The second-order valence-electron chi connectivity index (χ2n) is 5.76. The van der Waals surface area contributed by atoms with E-state index < -0.39 is 0 Å². The summed E-state index contributed by atoms with van der Waals surface area (Å²) in [5.74, 6) is 1.01. The van der Waals surface area contributed by atoms with Crippen molar-refractivity contribution in [2.45, 2.75) is 6.54 Å². The summed E-state index contributed by atoms with van der Waals surface area (Å²) in [6.45, 7) is 0.619. The Labute approximate surface area is 158 Å². The van der Waals surface area contributed by atoms with E-state index in [-0.39, 0.29) is 0 Å². The molecule has 0 saturated heterocycles. The Bertz CT molecular complexity index is 1090. The average Bonchev–Trinajstić information content (AvgIpc) is 3.32. The maximum Gasteiger partial charge on any atom is 0.274 e. The molecule has 0 unspecified atom stereocenters. The lowest BCUT2D eigenvalue weighted by Crippen LogP contribution is -2.00. The Kier molecular flexibility index (Phi) is 4.38. The van der Waals surface area contributed by atoms with Gasteiger partial charge in [-0.1, -0.05) is 33.2 Å². The molecule has 0 amide bonds. The van der Waals surface area contributed by atoms with Crippen molar-refractivity contribution in [3.05, 3.63) is 82.5 Å². The number of halogens is 1. The van der Waals surface area contributed by atoms with Crippen LogP contribution >= 0.6 is 15.9 Å². The molecule has 0 bridgehead atoms. The first-order valence-electron chi connectivity index (χ1n) is 7.97. The maximum atomic E-state index is 9.06. The fraction of sp³-hybridized carbons (Fsp3) is 0.0500. The number of hydrogen-bond donors (Lipinski definition) is 0. The SMILES string of the molecule is N#Cc1cccc(Cn2cccc2-c2nc(-c3ccc(Br)cc3)no2)c1. The number of rotatable bonds is 4. The first kappa shape index (κ1) is 16.3. The van der Waals surface area contributed by atoms with Gasteiger partial charge in [0.25, 0.3) is 5.89 Å². The second-order valence-corrected chi connectivity index (χ2v) is 6.68. The van der Waals surface area contributed by atoms with Gasteiger partial charge in [-0.2, -0.15) is 10.2 Å². The molecule has 126 valence electrons. The largest absolute Gasteiger partial charge is 0.339 e. The highest BCUT2D eigenvalue weighted by Crippen LogP contribution is 2.24. The Morgan fingerprint density at radius 3 is 2.73 bits per heavy atom. The third kappa shape index (κ3) is 3.30. The van der Waals surface area contributed by atoms with Crippen LogP contribution < -0.4 is 0 Å². The van der Waals surface area contributed by atoms with Crippen molar-refractivity contribution in [3.8, 4) is 29.0 Å². The minimum Gasteiger partial charge on any atom is -0.339 e. The van der Waals surface area contributed by atoms with Gasteiger partial charge in [0.15, 0.2) is 0 Å². The van der Waals surface area contributed by atoms with Crippen LogP contribution in [-0.2, 0) is 6.54 Å². The first-order valence-corrected chi connectivity index (χ1v) is 8.76. The molecular formula is C20H13BrN4O. The standard InChI is InChI=1S/C20H13BrN4O/c21-17-8-6-16(7-9-17)19-23-20(26-24-19)18-5-2-10-25(18)13-15-4-1-3-14(11-15)12-22/h1-11H,13H2. The van der Waals surface area contributed by atoms with Crippen LogP contribution in [0.3, 0.4) is 0 Å². The molecule has 2 heterocycles. The number of nitrogens with zero attached hydrogens (tertiary/aromatic N) is 4. The number of hydrogen-bond acceptors (Lipinski definition) is 4. The van der Waals surface area contributed by atoms with Crippen LogP contribution in [-0.4, -0.2) is 14.7 Å². The molecule has 0 spiro atoms. The molecule has 0 N–H and O–H groups in total. The molecule has 0 saturated carbocycles. The predicted octanol–water partition coefficient (Wildman–Crippen LogP) is 4.89. The molecule has 0 fully saturated rings. The van der Waals surface area contributed by atoms with Crippen LogP contribution in [0.1, 0.15) is 11.1 Å². The highest BCUT2D eigenvalue weighted by atomic mass is 79.9. The van der Waals surface area contributed by atoms with Crippen LogP contribution in [0.4, 0.5) is 0 Å². The number of aromatic nitrogens is 3. The van der Waals surface area contributed by atoms with Crippen LogP contribution in [0.25, 0.3) is 23.0 Å². The number of benzene rings is 2. The summed E-state index contributed by atoms with van der Waals surface area (Å²) >= 11 is 3.42. The Morgan fingerprint density at radius 2 is 1.92 bits per heavy atom. The maximum absolute atomic E-state index is 9.06. The molecule has 0 aliphatic rings. The van der Waals surface area contributed by atoms with Crippen molar-refractivity contribution in [2.75, 3.05) is 0 Å². The molecule has 0 aliphatic carbocycles. The van der Waals surface area contributed by atoms with Gasteiger partial charge in [0.2, 0.25) is 5.82 Å². The lowest BCUT2D eigenvalue weighted by Gasteiger charge is -2.07. The van der Waals surface area contributed by atoms with Gasteiger partial charge in [-0.15, -0.1) is 0 Å². The Balaban J connectivity index is 1.63. The molecule has 0 aliphatic heterocycles. The second kappa shape index (κ2) is 6.98. The molecule has 2 aromatic carbocycles. The third-order valence-corrected chi connectivity index (χ3v) is 4.51. The molecule has 6 heteroatoms. The van der Waals surface area contributed by atoms with Gasteiger partial charge in [0, 0.05) is 22.8 Å². The number of nitriles is 1. The monoisotopic (exact) mass is 404 g/mol. The van der Waals surface area contributed by atoms with Crippen molar-refractivity contribution >= 4 is 15.9 Å². The molecule has 2 aromatic heterocycles. The Morgan fingerprint density at radius 1 is 1.08 bits per heavy atom. The van der Waals surface area contributed by atoms with Crippen LogP contribution in [0.2, 0.25) is 0 Å². The summed E-state index contributed by atoms with van der Waals surface area (Å²) in [5, 5.41) is 13.1. The normalized spacial score (nSPS) is 10.6. The van der Waals surface area contributed by atoms with Gasteiger partial charge in [0.05, 0.1) is 11.6 Å². The minimum absolute atomic E-state index is 0.462. The fourth-order valence-electron chi connectivity index (χ4n) is 2.73. The van der Waals surface area contributed by atoms with Crippen molar-refractivity contribution in [2.24, 2.45) is 0 Å². The van der Waals surface area contributed by atoms with E-state index in [2.05, 4.69) is 32.1 Å². The lowest BCUT2D eigenvalue weighted by molar-refractivity contribution is 0.429. The zero-order valence-electron chi connectivity index (χ0n) is 13.6. The molecular weight excluding hydrogens is 392 g/mol. The minimum atomic E-state index is 0.462. The summed E-state index contributed by atoms with van der Waals surface area (Å²) in [6.07, 6.45) is 1.96. The summed E-state index contributed by atoms with van der Waals surface area (Å²) in [7, 11) is 0. The summed E-state index contributed by atoms with van der Waals surface area (Å²) in [4.78, 5) is 4.52. The van der Waals surface area contributed by atoms with Crippen molar-refractivity contribution in [3.63, 3.8) is 0 Å². The third-order valence-electron chi connectivity index (χ3n) is 3.99. The van der Waals surface area contributed by atoms with E-state index in [9.17, 15) is 0 Å². The smallest absolute Gasteiger partial charge is 0.274 e. The highest BCUT2D eigenvalue weighted by Gasteiger charge is 2.14. The van der Waals surface area contributed by atoms with E-state index in [1.807, 2.05) is 65.4 Å². The topological polar surface area (TPSA) is 67.6 Å². The molecule has 5 nitrogen and oxygen atoms in total.